The first kappa shape index (κ1) is 15.1. The number of aryl methyl sites for hydroxylation is 2. The average Bonchev–Trinajstić information content (AvgIpc) is 2.35. The molecule has 106 valence electrons. The summed E-state index contributed by atoms with van der Waals surface area (Å²) in [5, 5.41) is 9.63. The van der Waals surface area contributed by atoms with E-state index in [0.29, 0.717) is 0 Å². The van der Waals surface area contributed by atoms with Gasteiger partial charge in [-0.25, -0.2) is 0 Å². The molecule has 0 heterocycles. The molecule has 3 heteroatoms. The highest BCUT2D eigenvalue weighted by Crippen LogP contribution is 2.32. The fourth-order valence-corrected chi connectivity index (χ4v) is 2.83. The molecule has 0 aliphatic heterocycles. The smallest absolute Gasteiger partial charge is 0.130 e. The minimum Gasteiger partial charge on any atom is -0.457 e. The predicted molar refractivity (Wildman–Crippen MR) is 85.5 cm³/mol. The molecule has 0 aromatic heterocycles. The summed E-state index contributed by atoms with van der Waals surface area (Å²) in [4.78, 5) is 0. The van der Waals surface area contributed by atoms with E-state index < -0.39 is 6.10 Å². The number of hydrogen-bond acceptors (Lipinski definition) is 2. The third-order valence-corrected chi connectivity index (χ3v) is 4.10. The number of aliphatic hydroxyl groups excluding tert-OH is 1. The van der Waals surface area contributed by atoms with Gasteiger partial charge in [0.1, 0.15) is 11.5 Å². The Labute approximate surface area is 128 Å². The van der Waals surface area contributed by atoms with Gasteiger partial charge in [-0.05, 0) is 68.1 Å². The quantitative estimate of drug-likeness (QED) is 0.833. The van der Waals surface area contributed by atoms with Crippen LogP contribution in [0.3, 0.4) is 0 Å². The summed E-state index contributed by atoms with van der Waals surface area (Å²) in [7, 11) is 0. The maximum Gasteiger partial charge on any atom is 0.130 e. The second-order valence-electron chi connectivity index (χ2n) is 5.17. The molecule has 0 bridgehead atoms. The van der Waals surface area contributed by atoms with E-state index >= 15 is 0 Å². The van der Waals surface area contributed by atoms with Crippen LogP contribution in [-0.2, 0) is 0 Å². The molecule has 0 aliphatic carbocycles. The topological polar surface area (TPSA) is 29.5 Å². The predicted octanol–water partition coefficient (Wildman–Crippen LogP) is 5.22. The Morgan fingerprint density at radius 3 is 2.40 bits per heavy atom. The number of rotatable bonds is 3. The van der Waals surface area contributed by atoms with Crippen molar-refractivity contribution in [3.63, 3.8) is 0 Å². The van der Waals surface area contributed by atoms with Gasteiger partial charge in [-0.15, -0.1) is 0 Å². The van der Waals surface area contributed by atoms with Crippen LogP contribution in [-0.4, -0.2) is 5.11 Å². The van der Waals surface area contributed by atoms with Crippen molar-refractivity contribution in [3.8, 4) is 11.5 Å². The molecule has 2 aromatic carbocycles. The minimum atomic E-state index is -0.499. The van der Waals surface area contributed by atoms with E-state index in [1.807, 2.05) is 24.3 Å². The first-order chi connectivity index (χ1) is 9.38. The van der Waals surface area contributed by atoms with E-state index in [1.54, 1.807) is 6.92 Å². The Morgan fingerprint density at radius 2 is 1.80 bits per heavy atom. The fraction of sp³-hybridized carbons (Fsp3) is 0.294. The summed E-state index contributed by atoms with van der Waals surface area (Å²) in [6.45, 7) is 7.95. The highest BCUT2D eigenvalue weighted by atomic mass is 79.9. The molecule has 0 spiro atoms. The number of aliphatic hydroxyl groups is 1. The van der Waals surface area contributed by atoms with Gasteiger partial charge in [0.2, 0.25) is 0 Å². The molecule has 0 aliphatic rings. The van der Waals surface area contributed by atoms with Gasteiger partial charge in [0.15, 0.2) is 0 Å². The first-order valence-electron chi connectivity index (χ1n) is 6.61. The summed E-state index contributed by atoms with van der Waals surface area (Å²) in [5.41, 5.74) is 4.41. The Morgan fingerprint density at radius 1 is 1.10 bits per heavy atom. The number of hydrogen-bond donors (Lipinski definition) is 1. The largest absolute Gasteiger partial charge is 0.457 e. The third kappa shape index (κ3) is 3.22. The number of ether oxygens (including phenoxy) is 1. The van der Waals surface area contributed by atoms with Crippen LogP contribution in [0.5, 0.6) is 11.5 Å². The van der Waals surface area contributed by atoms with Crippen molar-refractivity contribution < 1.29 is 9.84 Å². The summed E-state index contributed by atoms with van der Waals surface area (Å²) in [6.07, 6.45) is -0.499. The van der Waals surface area contributed by atoms with Crippen LogP contribution in [0.1, 0.15) is 35.3 Å². The zero-order valence-electron chi connectivity index (χ0n) is 12.2. The van der Waals surface area contributed by atoms with Crippen LogP contribution in [0.25, 0.3) is 0 Å². The second-order valence-corrected chi connectivity index (χ2v) is 6.02. The van der Waals surface area contributed by atoms with Gasteiger partial charge in [0, 0.05) is 4.47 Å². The van der Waals surface area contributed by atoms with Gasteiger partial charge in [-0.2, -0.15) is 0 Å². The van der Waals surface area contributed by atoms with Gasteiger partial charge in [-0.3, -0.25) is 0 Å². The Balaban J connectivity index is 2.33. The zero-order valence-corrected chi connectivity index (χ0v) is 13.8. The second kappa shape index (κ2) is 5.98. The lowest BCUT2D eigenvalue weighted by molar-refractivity contribution is 0.198. The summed E-state index contributed by atoms with van der Waals surface area (Å²) >= 11 is 3.47. The fourth-order valence-electron chi connectivity index (χ4n) is 2.14. The molecule has 2 rings (SSSR count). The van der Waals surface area contributed by atoms with Crippen molar-refractivity contribution in [1.82, 2.24) is 0 Å². The average molecular weight is 335 g/mol. The molecule has 0 unspecified atom stereocenters. The number of halogens is 1. The molecular formula is C17H19BrO2. The van der Waals surface area contributed by atoms with Gasteiger partial charge in [-0.1, -0.05) is 28.1 Å². The van der Waals surface area contributed by atoms with Gasteiger partial charge < -0.3 is 9.84 Å². The first-order valence-corrected chi connectivity index (χ1v) is 7.41. The van der Waals surface area contributed by atoms with Crippen molar-refractivity contribution in [2.24, 2.45) is 0 Å². The van der Waals surface area contributed by atoms with Crippen LogP contribution in [0.15, 0.2) is 34.8 Å². The Kier molecular flexibility index (Phi) is 4.51. The van der Waals surface area contributed by atoms with Gasteiger partial charge in [0.25, 0.3) is 0 Å². The maximum absolute atomic E-state index is 9.63. The SMILES string of the molecule is Cc1cc(C)c(C)c(Oc2ccc([C@H](C)O)c(Br)c2)c1. The van der Waals surface area contributed by atoms with E-state index in [0.717, 1.165) is 27.1 Å². The maximum atomic E-state index is 9.63. The van der Waals surface area contributed by atoms with Crippen LogP contribution in [0.2, 0.25) is 0 Å². The summed E-state index contributed by atoms with van der Waals surface area (Å²) in [5.74, 6) is 1.63. The van der Waals surface area contributed by atoms with E-state index in [9.17, 15) is 5.11 Å². The molecule has 2 aromatic rings. The summed E-state index contributed by atoms with van der Waals surface area (Å²) in [6, 6.07) is 9.83. The van der Waals surface area contributed by atoms with E-state index in [4.69, 9.17) is 4.74 Å². The molecule has 1 atom stereocenters. The Hall–Kier alpha value is -1.32. The lowest BCUT2D eigenvalue weighted by atomic mass is 10.1. The van der Waals surface area contributed by atoms with Gasteiger partial charge in [0.05, 0.1) is 6.10 Å². The van der Waals surface area contributed by atoms with Crippen molar-refractivity contribution in [3.05, 3.63) is 57.1 Å². The molecule has 0 radical (unpaired) electrons. The molecule has 1 N–H and O–H groups in total. The highest BCUT2D eigenvalue weighted by molar-refractivity contribution is 9.10. The number of benzene rings is 2. The highest BCUT2D eigenvalue weighted by Gasteiger charge is 2.09. The molecule has 0 fully saturated rings. The van der Waals surface area contributed by atoms with Crippen LogP contribution in [0, 0.1) is 20.8 Å². The van der Waals surface area contributed by atoms with Crippen molar-refractivity contribution in [2.45, 2.75) is 33.8 Å². The minimum absolute atomic E-state index is 0.499. The van der Waals surface area contributed by atoms with Crippen LogP contribution < -0.4 is 4.74 Å². The lowest BCUT2D eigenvalue weighted by Crippen LogP contribution is -1.95. The zero-order chi connectivity index (χ0) is 14.9. The van der Waals surface area contributed by atoms with E-state index in [2.05, 4.69) is 42.8 Å². The normalized spacial score (nSPS) is 12.3. The Bertz CT molecular complexity index is 633. The van der Waals surface area contributed by atoms with Gasteiger partial charge >= 0.3 is 0 Å². The molecule has 20 heavy (non-hydrogen) atoms. The van der Waals surface area contributed by atoms with E-state index in [-0.39, 0.29) is 0 Å². The van der Waals surface area contributed by atoms with Crippen molar-refractivity contribution in [1.29, 1.82) is 0 Å². The van der Waals surface area contributed by atoms with Crippen molar-refractivity contribution in [2.75, 3.05) is 0 Å². The molecule has 2 nitrogen and oxygen atoms in total. The molecular weight excluding hydrogens is 316 g/mol. The molecule has 0 saturated heterocycles. The summed E-state index contributed by atoms with van der Waals surface area (Å²) < 4.78 is 6.83. The molecule has 0 amide bonds. The molecule has 0 saturated carbocycles. The third-order valence-electron chi connectivity index (χ3n) is 3.41. The van der Waals surface area contributed by atoms with Crippen molar-refractivity contribution >= 4 is 15.9 Å². The standard InChI is InChI=1S/C17H19BrO2/c1-10-7-11(2)12(3)17(8-10)20-14-5-6-15(13(4)19)16(18)9-14/h5-9,13,19H,1-4H3/t13-/m0/s1. The van der Waals surface area contributed by atoms with E-state index in [1.165, 1.54) is 11.1 Å². The monoisotopic (exact) mass is 334 g/mol. The lowest BCUT2D eigenvalue weighted by Gasteiger charge is -2.14. The van der Waals surface area contributed by atoms with Crippen LogP contribution >= 0.6 is 15.9 Å². The van der Waals surface area contributed by atoms with Crippen LogP contribution in [0.4, 0.5) is 0 Å².